The summed E-state index contributed by atoms with van der Waals surface area (Å²) in [5.74, 6) is 0.204. The lowest BCUT2D eigenvalue weighted by molar-refractivity contribution is -0.119. The molecule has 0 radical (unpaired) electrons. The zero-order chi connectivity index (χ0) is 8.91. The molecule has 0 aromatic heterocycles. The highest BCUT2D eigenvalue weighted by Crippen LogP contribution is 2.06. The number of halogens is 4. The minimum absolute atomic E-state index is 0.204. The highest BCUT2D eigenvalue weighted by atomic mass is 19.5. The Labute approximate surface area is 61.1 Å². The molecule has 1 aliphatic rings. The van der Waals surface area contributed by atoms with Crippen molar-refractivity contribution in [2.75, 3.05) is 6.54 Å². The number of rotatable bonds is 0. The molecular formula is C4H7BF4NO-. The van der Waals surface area contributed by atoms with Gasteiger partial charge in [-0.15, -0.1) is 0 Å². The first-order valence-electron chi connectivity index (χ1n) is 3.03. The predicted octanol–water partition coefficient (Wildman–Crippen LogP) is 1.20. The Morgan fingerprint density at radius 1 is 1.27 bits per heavy atom. The summed E-state index contributed by atoms with van der Waals surface area (Å²) < 4.78 is 39.0. The van der Waals surface area contributed by atoms with Crippen molar-refractivity contribution in [2.45, 2.75) is 12.8 Å². The van der Waals surface area contributed by atoms with Crippen LogP contribution in [0.5, 0.6) is 0 Å². The van der Waals surface area contributed by atoms with Crippen LogP contribution in [0.2, 0.25) is 0 Å². The number of carbonyl (C=O) groups is 1. The van der Waals surface area contributed by atoms with Gasteiger partial charge in [0.05, 0.1) is 0 Å². The first kappa shape index (κ1) is 10.3. The summed E-state index contributed by atoms with van der Waals surface area (Å²) in [6, 6.07) is 0. The third-order valence-electron chi connectivity index (χ3n) is 0.903. The molecule has 0 unspecified atom stereocenters. The van der Waals surface area contributed by atoms with Crippen molar-refractivity contribution in [3.05, 3.63) is 0 Å². The first-order valence-corrected chi connectivity index (χ1v) is 3.03. The minimum atomic E-state index is -6.00. The van der Waals surface area contributed by atoms with E-state index in [-0.39, 0.29) is 5.91 Å². The lowest BCUT2D eigenvalue weighted by Gasteiger charge is -1.94. The second-order valence-corrected chi connectivity index (χ2v) is 1.95. The largest absolute Gasteiger partial charge is 0.673 e. The summed E-state index contributed by atoms with van der Waals surface area (Å²) in [6.45, 7) is 0.888. The fourth-order valence-corrected chi connectivity index (χ4v) is 0.565. The van der Waals surface area contributed by atoms with E-state index in [1.165, 1.54) is 0 Å². The molecule has 0 bridgehead atoms. The molecule has 1 saturated heterocycles. The molecular weight excluding hydrogens is 165 g/mol. The monoisotopic (exact) mass is 172 g/mol. The van der Waals surface area contributed by atoms with Crippen molar-refractivity contribution >= 4 is 13.2 Å². The normalized spacial score (nSPS) is 16.9. The van der Waals surface area contributed by atoms with Gasteiger partial charge in [-0.25, -0.2) is 0 Å². The summed E-state index contributed by atoms with van der Waals surface area (Å²) in [7, 11) is -6.00. The van der Waals surface area contributed by atoms with Crippen LogP contribution < -0.4 is 5.32 Å². The maximum absolute atomic E-state index is 10.1. The number of nitrogens with one attached hydrogen (secondary N) is 1. The van der Waals surface area contributed by atoms with E-state index in [1.807, 2.05) is 0 Å². The highest BCUT2D eigenvalue weighted by Gasteiger charge is 2.20. The Morgan fingerprint density at radius 2 is 1.73 bits per heavy atom. The van der Waals surface area contributed by atoms with Crippen LogP contribution in [-0.4, -0.2) is 19.7 Å². The van der Waals surface area contributed by atoms with Gasteiger partial charge < -0.3 is 22.6 Å². The van der Waals surface area contributed by atoms with Crippen LogP contribution in [0.25, 0.3) is 0 Å². The average molecular weight is 172 g/mol. The molecule has 1 rings (SSSR count). The first-order chi connectivity index (χ1) is 4.89. The van der Waals surface area contributed by atoms with E-state index in [9.17, 15) is 22.1 Å². The molecule has 0 aliphatic carbocycles. The Kier molecular flexibility index (Phi) is 3.91. The van der Waals surface area contributed by atoms with Crippen molar-refractivity contribution < 1.29 is 22.1 Å². The maximum atomic E-state index is 10.1. The molecule has 2 nitrogen and oxygen atoms in total. The van der Waals surface area contributed by atoms with E-state index < -0.39 is 7.25 Å². The Balaban J connectivity index is 0.000000187. The summed E-state index contributed by atoms with van der Waals surface area (Å²) in [5.41, 5.74) is 0. The second kappa shape index (κ2) is 4.20. The summed E-state index contributed by atoms with van der Waals surface area (Å²) >= 11 is 0. The number of hydrogen-bond acceptors (Lipinski definition) is 1. The van der Waals surface area contributed by atoms with E-state index in [1.54, 1.807) is 0 Å². The molecule has 0 spiro atoms. The summed E-state index contributed by atoms with van der Waals surface area (Å²) in [5, 5.41) is 2.68. The number of amides is 1. The molecule has 66 valence electrons. The van der Waals surface area contributed by atoms with Gasteiger partial charge in [0.15, 0.2) is 0 Å². The third-order valence-corrected chi connectivity index (χ3v) is 0.903. The summed E-state index contributed by atoms with van der Waals surface area (Å²) in [6.07, 6.45) is 1.76. The van der Waals surface area contributed by atoms with Crippen LogP contribution in [-0.2, 0) is 4.79 Å². The number of carbonyl (C=O) groups excluding carboxylic acids is 1. The molecule has 1 N–H and O–H groups in total. The van der Waals surface area contributed by atoms with E-state index in [2.05, 4.69) is 5.32 Å². The maximum Gasteiger partial charge on any atom is 0.673 e. The van der Waals surface area contributed by atoms with Crippen molar-refractivity contribution in [1.82, 2.24) is 5.32 Å². The van der Waals surface area contributed by atoms with Gasteiger partial charge in [0.1, 0.15) is 0 Å². The van der Waals surface area contributed by atoms with Crippen LogP contribution in [0.15, 0.2) is 0 Å². The Morgan fingerprint density at radius 3 is 1.82 bits per heavy atom. The van der Waals surface area contributed by atoms with Crippen LogP contribution in [0, 0.1) is 0 Å². The lowest BCUT2D eigenvalue weighted by atomic mass is 10.3. The van der Waals surface area contributed by atoms with Crippen LogP contribution in [0.1, 0.15) is 12.8 Å². The van der Waals surface area contributed by atoms with Gasteiger partial charge in [0.2, 0.25) is 5.91 Å². The topological polar surface area (TPSA) is 29.1 Å². The van der Waals surface area contributed by atoms with Crippen LogP contribution >= 0.6 is 0 Å². The SMILES string of the molecule is F[B-](F)(F)F.O=C1CCCN1. The van der Waals surface area contributed by atoms with E-state index in [4.69, 9.17) is 0 Å². The fraction of sp³-hybridized carbons (Fsp3) is 0.750. The molecule has 0 saturated carbocycles. The van der Waals surface area contributed by atoms with Gasteiger partial charge >= 0.3 is 7.25 Å². The van der Waals surface area contributed by atoms with Crippen molar-refractivity contribution in [3.8, 4) is 0 Å². The molecule has 0 aromatic carbocycles. The zero-order valence-electron chi connectivity index (χ0n) is 5.62. The molecule has 1 fully saturated rings. The van der Waals surface area contributed by atoms with Gasteiger partial charge in [0.25, 0.3) is 0 Å². The fourth-order valence-electron chi connectivity index (χ4n) is 0.565. The third kappa shape index (κ3) is 12.5. The van der Waals surface area contributed by atoms with Crippen molar-refractivity contribution in [3.63, 3.8) is 0 Å². The number of hydrogen-bond donors (Lipinski definition) is 1. The van der Waals surface area contributed by atoms with Gasteiger partial charge in [-0.2, -0.15) is 0 Å². The molecule has 0 aromatic rings. The van der Waals surface area contributed by atoms with Crippen LogP contribution in [0.4, 0.5) is 17.3 Å². The molecule has 1 heterocycles. The van der Waals surface area contributed by atoms with Crippen molar-refractivity contribution in [2.24, 2.45) is 0 Å². The van der Waals surface area contributed by atoms with E-state index in [0.29, 0.717) is 0 Å². The highest BCUT2D eigenvalue weighted by molar-refractivity contribution is 6.50. The van der Waals surface area contributed by atoms with Crippen molar-refractivity contribution in [1.29, 1.82) is 0 Å². The van der Waals surface area contributed by atoms with Crippen LogP contribution in [0.3, 0.4) is 0 Å². The lowest BCUT2D eigenvalue weighted by Crippen LogP contribution is -2.12. The summed E-state index contributed by atoms with van der Waals surface area (Å²) in [4.78, 5) is 10.1. The van der Waals surface area contributed by atoms with Gasteiger partial charge in [-0.3, -0.25) is 4.79 Å². The van der Waals surface area contributed by atoms with Gasteiger partial charge in [-0.1, -0.05) is 0 Å². The molecule has 7 heteroatoms. The average Bonchev–Trinajstić information content (AvgIpc) is 2.12. The van der Waals surface area contributed by atoms with E-state index >= 15 is 0 Å². The molecule has 11 heavy (non-hydrogen) atoms. The van der Waals surface area contributed by atoms with E-state index in [0.717, 1.165) is 19.4 Å². The van der Waals surface area contributed by atoms with Gasteiger partial charge in [-0.05, 0) is 6.42 Å². The standard InChI is InChI=1S/C4H7NO.BF4/c6-4-2-1-3-5-4;2-1(3,4)5/h1-3H2,(H,5,6);/q;-1. The quantitative estimate of drug-likeness (QED) is 0.431. The zero-order valence-corrected chi connectivity index (χ0v) is 5.62. The molecule has 1 aliphatic heterocycles. The minimum Gasteiger partial charge on any atom is -0.418 e. The predicted molar refractivity (Wildman–Crippen MR) is 32.4 cm³/mol. The Hall–Kier alpha value is -0.745. The smallest absolute Gasteiger partial charge is 0.418 e. The molecule has 1 amide bonds. The second-order valence-electron chi connectivity index (χ2n) is 1.95. The van der Waals surface area contributed by atoms with Gasteiger partial charge in [0, 0.05) is 13.0 Å². The Bertz CT molecular complexity index is 123. The molecule has 0 atom stereocenters.